The van der Waals surface area contributed by atoms with Gasteiger partial charge in [0.05, 0.1) is 0 Å². The van der Waals surface area contributed by atoms with Crippen molar-refractivity contribution in [2.75, 3.05) is 12.3 Å². The first-order chi connectivity index (χ1) is 6.15. The molecule has 0 heterocycles. The van der Waals surface area contributed by atoms with E-state index in [4.69, 9.17) is 11.5 Å². The minimum Gasteiger partial charge on any atom is -0.398 e. The summed E-state index contributed by atoms with van der Waals surface area (Å²) in [5.41, 5.74) is 12.7. The van der Waals surface area contributed by atoms with Crippen LogP contribution in [0, 0.1) is 12.7 Å². The molecule has 0 amide bonds. The van der Waals surface area contributed by atoms with Gasteiger partial charge in [-0.2, -0.15) is 0 Å². The molecule has 70 valence electrons. The average Bonchev–Trinajstić information content (AvgIpc) is 2.09. The molecule has 4 N–H and O–H groups in total. The predicted octanol–water partition coefficient (Wildman–Crippen LogP) is 1.69. The molecule has 0 bridgehead atoms. The third-order valence-corrected chi connectivity index (χ3v) is 1.82. The van der Waals surface area contributed by atoms with Crippen molar-refractivity contribution in [1.82, 2.24) is 0 Å². The highest BCUT2D eigenvalue weighted by Crippen LogP contribution is 2.18. The molecule has 1 aromatic rings. The fraction of sp³-hybridized carbons (Fsp3) is 0.200. The quantitative estimate of drug-likeness (QED) is 0.680. The summed E-state index contributed by atoms with van der Waals surface area (Å²) in [7, 11) is 0. The van der Waals surface area contributed by atoms with Crippen LogP contribution in [0.2, 0.25) is 0 Å². The van der Waals surface area contributed by atoms with Crippen LogP contribution < -0.4 is 11.5 Å². The molecule has 0 radical (unpaired) electrons. The second-order valence-electron chi connectivity index (χ2n) is 2.87. The maximum atomic E-state index is 13.2. The maximum Gasteiger partial charge on any atom is 0.130 e. The van der Waals surface area contributed by atoms with Crippen LogP contribution in [0.25, 0.3) is 6.08 Å². The van der Waals surface area contributed by atoms with E-state index in [0.717, 1.165) is 5.56 Å². The Kier molecular flexibility index (Phi) is 3.03. The van der Waals surface area contributed by atoms with E-state index in [2.05, 4.69) is 0 Å². The zero-order valence-electron chi connectivity index (χ0n) is 7.55. The van der Waals surface area contributed by atoms with Gasteiger partial charge in [-0.25, -0.2) is 4.39 Å². The molecule has 13 heavy (non-hydrogen) atoms. The van der Waals surface area contributed by atoms with Crippen LogP contribution >= 0.6 is 0 Å². The van der Waals surface area contributed by atoms with Gasteiger partial charge in [0.15, 0.2) is 0 Å². The summed E-state index contributed by atoms with van der Waals surface area (Å²) in [5.74, 6) is -0.267. The van der Waals surface area contributed by atoms with Gasteiger partial charge >= 0.3 is 0 Å². The Morgan fingerprint density at radius 1 is 1.46 bits per heavy atom. The van der Waals surface area contributed by atoms with Gasteiger partial charge in [0, 0.05) is 17.8 Å². The van der Waals surface area contributed by atoms with E-state index < -0.39 is 0 Å². The lowest BCUT2D eigenvalue weighted by Crippen LogP contribution is -1.95. The monoisotopic (exact) mass is 180 g/mol. The van der Waals surface area contributed by atoms with E-state index in [-0.39, 0.29) is 5.82 Å². The highest BCUT2D eigenvalue weighted by atomic mass is 19.1. The zero-order chi connectivity index (χ0) is 9.84. The van der Waals surface area contributed by atoms with Gasteiger partial charge in [-0.3, -0.25) is 0 Å². The third kappa shape index (κ3) is 2.29. The predicted molar refractivity (Wildman–Crippen MR) is 53.6 cm³/mol. The molecule has 0 saturated carbocycles. The van der Waals surface area contributed by atoms with Gasteiger partial charge in [-0.1, -0.05) is 12.2 Å². The standard InChI is InChI=1S/C10H13FN2/c1-7-5-9(11)8(3-2-4-12)6-10(7)13/h2-3,5-6H,4,12-13H2,1H3. The van der Waals surface area contributed by atoms with Gasteiger partial charge in [0.2, 0.25) is 0 Å². The average molecular weight is 180 g/mol. The number of nitrogens with two attached hydrogens (primary N) is 2. The Bertz CT molecular complexity index is 332. The minimum atomic E-state index is -0.267. The van der Waals surface area contributed by atoms with Crippen LogP contribution in [0.4, 0.5) is 10.1 Å². The first-order valence-electron chi connectivity index (χ1n) is 4.07. The second kappa shape index (κ2) is 4.05. The van der Waals surface area contributed by atoms with Crippen LogP contribution in [0.15, 0.2) is 18.2 Å². The number of halogens is 1. The van der Waals surface area contributed by atoms with E-state index in [9.17, 15) is 4.39 Å². The molecule has 0 aliphatic carbocycles. The lowest BCUT2D eigenvalue weighted by atomic mass is 10.1. The second-order valence-corrected chi connectivity index (χ2v) is 2.87. The highest BCUT2D eigenvalue weighted by molar-refractivity contribution is 5.59. The first kappa shape index (κ1) is 9.74. The molecule has 0 fully saturated rings. The lowest BCUT2D eigenvalue weighted by molar-refractivity contribution is 0.624. The van der Waals surface area contributed by atoms with Crippen molar-refractivity contribution >= 4 is 11.8 Å². The number of anilines is 1. The van der Waals surface area contributed by atoms with E-state index in [0.29, 0.717) is 17.8 Å². The molecule has 0 unspecified atom stereocenters. The van der Waals surface area contributed by atoms with E-state index in [1.807, 2.05) is 0 Å². The number of nitrogen functional groups attached to an aromatic ring is 1. The van der Waals surface area contributed by atoms with Gasteiger partial charge in [-0.15, -0.1) is 0 Å². The Hall–Kier alpha value is -1.35. The maximum absolute atomic E-state index is 13.2. The summed E-state index contributed by atoms with van der Waals surface area (Å²) in [4.78, 5) is 0. The van der Waals surface area contributed by atoms with Crippen molar-refractivity contribution in [2.24, 2.45) is 5.73 Å². The highest BCUT2D eigenvalue weighted by Gasteiger charge is 2.01. The number of hydrogen-bond donors (Lipinski definition) is 2. The molecular weight excluding hydrogens is 167 g/mol. The summed E-state index contributed by atoms with van der Waals surface area (Å²) in [6.07, 6.45) is 3.32. The van der Waals surface area contributed by atoms with Gasteiger partial charge < -0.3 is 11.5 Å². The van der Waals surface area contributed by atoms with E-state index >= 15 is 0 Å². The smallest absolute Gasteiger partial charge is 0.130 e. The summed E-state index contributed by atoms with van der Waals surface area (Å²) < 4.78 is 13.2. The molecule has 1 rings (SSSR count). The SMILES string of the molecule is Cc1cc(F)c(C=CCN)cc1N. The third-order valence-electron chi connectivity index (χ3n) is 1.82. The molecule has 3 heteroatoms. The van der Waals surface area contributed by atoms with Crippen LogP contribution in [-0.4, -0.2) is 6.54 Å². The number of rotatable bonds is 2. The van der Waals surface area contributed by atoms with Crippen LogP contribution in [0.3, 0.4) is 0 Å². The molecule has 0 spiro atoms. The van der Waals surface area contributed by atoms with Crippen molar-refractivity contribution in [3.8, 4) is 0 Å². The summed E-state index contributed by atoms with van der Waals surface area (Å²) in [6.45, 7) is 2.17. The van der Waals surface area contributed by atoms with E-state index in [1.165, 1.54) is 6.07 Å². The normalized spacial score (nSPS) is 11.0. The molecule has 0 saturated heterocycles. The fourth-order valence-electron chi connectivity index (χ4n) is 1.03. The molecule has 2 nitrogen and oxygen atoms in total. The zero-order valence-corrected chi connectivity index (χ0v) is 7.55. The van der Waals surface area contributed by atoms with E-state index in [1.54, 1.807) is 25.1 Å². The van der Waals surface area contributed by atoms with Crippen molar-refractivity contribution in [3.63, 3.8) is 0 Å². The molecule has 0 aliphatic heterocycles. The Labute approximate surface area is 77.0 Å². The Morgan fingerprint density at radius 3 is 2.77 bits per heavy atom. The van der Waals surface area contributed by atoms with Crippen LogP contribution in [-0.2, 0) is 0 Å². The van der Waals surface area contributed by atoms with Crippen LogP contribution in [0.5, 0.6) is 0 Å². The lowest BCUT2D eigenvalue weighted by Gasteiger charge is -2.02. The van der Waals surface area contributed by atoms with Crippen molar-refractivity contribution < 1.29 is 4.39 Å². The largest absolute Gasteiger partial charge is 0.398 e. The summed E-state index contributed by atoms with van der Waals surface area (Å²) in [5, 5.41) is 0. The van der Waals surface area contributed by atoms with Gasteiger partial charge in [0.1, 0.15) is 5.82 Å². The summed E-state index contributed by atoms with van der Waals surface area (Å²) >= 11 is 0. The molecule has 0 aliphatic rings. The first-order valence-corrected chi connectivity index (χ1v) is 4.07. The molecule has 0 atom stereocenters. The molecule has 1 aromatic carbocycles. The van der Waals surface area contributed by atoms with Crippen molar-refractivity contribution in [3.05, 3.63) is 35.2 Å². The molecule has 0 aromatic heterocycles. The molecular formula is C10H13FN2. The van der Waals surface area contributed by atoms with Crippen LogP contribution in [0.1, 0.15) is 11.1 Å². The fourth-order valence-corrected chi connectivity index (χ4v) is 1.03. The number of aryl methyl sites for hydroxylation is 1. The van der Waals surface area contributed by atoms with Gasteiger partial charge in [-0.05, 0) is 24.6 Å². The topological polar surface area (TPSA) is 52.0 Å². The minimum absolute atomic E-state index is 0.267. The van der Waals surface area contributed by atoms with Crippen molar-refractivity contribution in [2.45, 2.75) is 6.92 Å². The summed E-state index contributed by atoms with van der Waals surface area (Å²) in [6, 6.07) is 3.03. The Morgan fingerprint density at radius 2 is 2.15 bits per heavy atom. The number of hydrogen-bond acceptors (Lipinski definition) is 2. The number of benzene rings is 1. The van der Waals surface area contributed by atoms with Crippen molar-refractivity contribution in [1.29, 1.82) is 0 Å². The van der Waals surface area contributed by atoms with Gasteiger partial charge in [0.25, 0.3) is 0 Å². The Balaban J connectivity index is 3.08.